The Morgan fingerprint density at radius 2 is 1.79 bits per heavy atom. The monoisotopic (exact) mass is 463 g/mol. The van der Waals surface area contributed by atoms with Crippen molar-refractivity contribution < 1.29 is 27.9 Å². The van der Waals surface area contributed by atoms with Gasteiger partial charge in [0.1, 0.15) is 11.9 Å². The van der Waals surface area contributed by atoms with Gasteiger partial charge in [0.25, 0.3) is 0 Å². The Labute approximate surface area is 188 Å². The maximum Gasteiger partial charge on any atom is 0.417 e. The van der Waals surface area contributed by atoms with Crippen molar-refractivity contribution in [1.82, 2.24) is 10.3 Å². The summed E-state index contributed by atoms with van der Waals surface area (Å²) in [7, 11) is 0. The van der Waals surface area contributed by atoms with Crippen LogP contribution in [0.25, 0.3) is 0 Å². The highest BCUT2D eigenvalue weighted by Crippen LogP contribution is 2.29. The molecule has 2 saturated heterocycles. The zero-order valence-electron chi connectivity index (χ0n) is 17.7. The van der Waals surface area contributed by atoms with E-state index in [0.29, 0.717) is 37.8 Å². The molecule has 3 heterocycles. The van der Waals surface area contributed by atoms with E-state index in [1.807, 2.05) is 24.3 Å². The lowest BCUT2D eigenvalue weighted by Gasteiger charge is -2.33. The second-order valence-electron chi connectivity index (χ2n) is 8.12. The summed E-state index contributed by atoms with van der Waals surface area (Å²) in [5.41, 5.74) is 0.760. The minimum Gasteiger partial charge on any atom is -0.391 e. The molecule has 3 amide bonds. The summed E-state index contributed by atoms with van der Waals surface area (Å²) in [4.78, 5) is 32.5. The normalized spacial score (nSPS) is 21.3. The largest absolute Gasteiger partial charge is 0.417 e. The number of urea groups is 1. The molecule has 0 saturated carbocycles. The number of aliphatic hydroxyl groups excluding tert-OH is 1. The van der Waals surface area contributed by atoms with Gasteiger partial charge < -0.3 is 20.2 Å². The number of benzene rings is 1. The molecule has 3 N–H and O–H groups in total. The second-order valence-corrected chi connectivity index (χ2v) is 8.12. The quantitative estimate of drug-likeness (QED) is 0.648. The molecule has 2 fully saturated rings. The topological polar surface area (TPSA) is 97.8 Å². The number of hydrogen-bond donors (Lipinski definition) is 3. The molecular weight excluding hydrogens is 439 g/mol. The minimum absolute atomic E-state index is 0.0526. The highest BCUT2D eigenvalue weighted by Gasteiger charge is 2.32. The first-order valence-corrected chi connectivity index (χ1v) is 10.7. The number of anilines is 3. The van der Waals surface area contributed by atoms with E-state index in [-0.39, 0.29) is 17.8 Å². The number of aliphatic hydroxyl groups is 1. The van der Waals surface area contributed by atoms with Crippen LogP contribution in [0.3, 0.4) is 0 Å². The van der Waals surface area contributed by atoms with Crippen LogP contribution in [-0.4, -0.2) is 53.8 Å². The second kappa shape index (κ2) is 9.26. The number of amides is 3. The first-order valence-electron chi connectivity index (χ1n) is 10.7. The molecule has 33 heavy (non-hydrogen) atoms. The van der Waals surface area contributed by atoms with Gasteiger partial charge in [0.15, 0.2) is 0 Å². The van der Waals surface area contributed by atoms with Gasteiger partial charge >= 0.3 is 12.2 Å². The van der Waals surface area contributed by atoms with E-state index in [2.05, 4.69) is 20.5 Å². The van der Waals surface area contributed by atoms with Crippen LogP contribution >= 0.6 is 0 Å². The number of aromatic nitrogens is 1. The summed E-state index contributed by atoms with van der Waals surface area (Å²) < 4.78 is 37.9. The Bertz CT molecular complexity index is 998. The molecule has 0 spiro atoms. The van der Waals surface area contributed by atoms with Crippen LogP contribution < -0.4 is 20.4 Å². The van der Waals surface area contributed by atoms with Crippen molar-refractivity contribution in [2.45, 2.75) is 37.6 Å². The predicted octanol–water partition coefficient (Wildman–Crippen LogP) is 2.99. The summed E-state index contributed by atoms with van der Waals surface area (Å²) in [5.74, 6) is -0.315. The van der Waals surface area contributed by atoms with Gasteiger partial charge in [-0.3, -0.25) is 10.1 Å². The number of piperidine rings is 1. The maximum atomic E-state index is 13.0. The van der Waals surface area contributed by atoms with Gasteiger partial charge in [-0.05, 0) is 55.7 Å². The van der Waals surface area contributed by atoms with Crippen LogP contribution in [0.4, 0.5) is 35.2 Å². The maximum absolute atomic E-state index is 13.0. The fraction of sp³-hybridized carbons (Fsp3) is 0.409. The average molecular weight is 463 g/mol. The van der Waals surface area contributed by atoms with E-state index in [4.69, 9.17) is 0 Å². The van der Waals surface area contributed by atoms with E-state index in [1.165, 1.54) is 0 Å². The van der Waals surface area contributed by atoms with Crippen molar-refractivity contribution in [2.24, 2.45) is 0 Å². The summed E-state index contributed by atoms with van der Waals surface area (Å²) in [6.45, 7) is 1.87. The van der Waals surface area contributed by atoms with E-state index >= 15 is 0 Å². The van der Waals surface area contributed by atoms with Crippen LogP contribution in [0.5, 0.6) is 0 Å². The third-order valence-corrected chi connectivity index (χ3v) is 5.77. The first-order chi connectivity index (χ1) is 15.7. The Kier molecular flexibility index (Phi) is 6.41. The Morgan fingerprint density at radius 1 is 1.06 bits per heavy atom. The Morgan fingerprint density at radius 3 is 2.39 bits per heavy atom. The number of halogens is 3. The van der Waals surface area contributed by atoms with E-state index < -0.39 is 23.8 Å². The van der Waals surface area contributed by atoms with Gasteiger partial charge in [-0.2, -0.15) is 13.2 Å². The van der Waals surface area contributed by atoms with Crippen molar-refractivity contribution in [3.63, 3.8) is 0 Å². The highest BCUT2D eigenvalue weighted by atomic mass is 19.4. The molecule has 4 rings (SSSR count). The molecule has 1 aromatic heterocycles. The highest BCUT2D eigenvalue weighted by molar-refractivity contribution is 6.01. The number of nitrogens with one attached hydrogen (secondary N) is 2. The summed E-state index contributed by atoms with van der Waals surface area (Å²) in [5, 5.41) is 14.7. The number of carbonyl (C=O) groups is 2. The number of nitrogens with zero attached hydrogens (tertiary/aromatic N) is 3. The SMILES string of the molecule is O=C(Nc1ccc(C(F)(F)F)cn1)N[C@@H]1CCCN(c2ccc(N3CC[C@@H](O)C3)cc2)C1=O. The van der Waals surface area contributed by atoms with Gasteiger partial charge in [-0.1, -0.05) is 0 Å². The lowest BCUT2D eigenvalue weighted by Crippen LogP contribution is -2.53. The zero-order valence-corrected chi connectivity index (χ0v) is 17.7. The molecule has 176 valence electrons. The number of carbonyl (C=O) groups excluding carboxylic acids is 2. The van der Waals surface area contributed by atoms with Crippen LogP contribution in [0.15, 0.2) is 42.6 Å². The molecule has 2 atom stereocenters. The lowest BCUT2D eigenvalue weighted by atomic mass is 10.0. The third kappa shape index (κ3) is 5.36. The number of β-amino-alcohol motifs (C(OH)–C–C–N with tert-alkyl or cyclic N) is 1. The third-order valence-electron chi connectivity index (χ3n) is 5.77. The molecule has 11 heteroatoms. The zero-order chi connectivity index (χ0) is 23.6. The van der Waals surface area contributed by atoms with Crippen LogP contribution in [0.1, 0.15) is 24.8 Å². The number of pyridine rings is 1. The Balaban J connectivity index is 1.35. The number of rotatable bonds is 4. The van der Waals surface area contributed by atoms with Gasteiger partial charge in [-0.15, -0.1) is 0 Å². The molecule has 0 radical (unpaired) electrons. The van der Waals surface area contributed by atoms with Crippen molar-refractivity contribution in [2.75, 3.05) is 34.8 Å². The van der Waals surface area contributed by atoms with Crippen LogP contribution in [-0.2, 0) is 11.0 Å². The minimum atomic E-state index is -4.51. The van der Waals surface area contributed by atoms with Crippen molar-refractivity contribution in [3.05, 3.63) is 48.2 Å². The summed E-state index contributed by atoms with van der Waals surface area (Å²) >= 11 is 0. The summed E-state index contributed by atoms with van der Waals surface area (Å²) in [6, 6.07) is 7.88. The molecule has 2 aromatic rings. The Hall–Kier alpha value is -3.34. The molecule has 2 aliphatic rings. The summed E-state index contributed by atoms with van der Waals surface area (Å²) in [6.07, 6.45) is -2.36. The van der Waals surface area contributed by atoms with E-state index in [0.717, 1.165) is 30.8 Å². The number of alkyl halides is 3. The van der Waals surface area contributed by atoms with Crippen LogP contribution in [0, 0.1) is 0 Å². The molecule has 0 unspecified atom stereocenters. The smallest absolute Gasteiger partial charge is 0.391 e. The van der Waals surface area contributed by atoms with Crippen LogP contribution in [0.2, 0.25) is 0 Å². The van der Waals surface area contributed by atoms with Gasteiger partial charge in [0.2, 0.25) is 5.91 Å². The molecular formula is C22H24F3N5O3. The standard InChI is InChI=1S/C22H24F3N5O3/c23-22(24,25)14-3-8-19(26-12-14)28-21(33)27-18-2-1-10-30(20(18)32)16-6-4-15(5-7-16)29-11-9-17(31)13-29/h3-8,12,17-18,31H,1-2,9-11,13H2,(H2,26,27,28,33)/t17-,18-/m1/s1. The first kappa shape index (κ1) is 22.8. The molecule has 0 aliphatic carbocycles. The molecule has 8 nitrogen and oxygen atoms in total. The molecule has 0 bridgehead atoms. The van der Waals surface area contributed by atoms with Crippen molar-refractivity contribution in [3.8, 4) is 0 Å². The fourth-order valence-electron chi connectivity index (χ4n) is 4.03. The predicted molar refractivity (Wildman–Crippen MR) is 116 cm³/mol. The van der Waals surface area contributed by atoms with Crippen molar-refractivity contribution >= 4 is 29.1 Å². The molecule has 1 aromatic carbocycles. The lowest BCUT2D eigenvalue weighted by molar-refractivity contribution is -0.137. The van der Waals surface area contributed by atoms with Gasteiger partial charge in [0.05, 0.1) is 11.7 Å². The van der Waals surface area contributed by atoms with Crippen molar-refractivity contribution in [1.29, 1.82) is 0 Å². The van der Waals surface area contributed by atoms with E-state index in [9.17, 15) is 27.9 Å². The van der Waals surface area contributed by atoms with E-state index in [1.54, 1.807) is 4.90 Å². The van der Waals surface area contributed by atoms with Gasteiger partial charge in [-0.25, -0.2) is 9.78 Å². The number of hydrogen-bond acceptors (Lipinski definition) is 5. The van der Waals surface area contributed by atoms with Gasteiger partial charge in [0, 0.05) is 37.2 Å². The average Bonchev–Trinajstić information content (AvgIpc) is 3.21. The molecule has 2 aliphatic heterocycles. The fourth-order valence-corrected chi connectivity index (χ4v) is 4.03.